The zero-order valence-corrected chi connectivity index (χ0v) is 12.1. The van der Waals surface area contributed by atoms with Gasteiger partial charge in [-0.1, -0.05) is 87.4 Å². The van der Waals surface area contributed by atoms with Crippen molar-refractivity contribution in [1.82, 2.24) is 0 Å². The summed E-state index contributed by atoms with van der Waals surface area (Å²) in [5.41, 5.74) is 1.15. The summed E-state index contributed by atoms with van der Waals surface area (Å²) >= 11 is 0. The van der Waals surface area contributed by atoms with Gasteiger partial charge in [-0.05, 0) is 5.56 Å². The van der Waals surface area contributed by atoms with Crippen LogP contribution < -0.4 is 0 Å². The van der Waals surface area contributed by atoms with Crippen LogP contribution in [0.4, 0.5) is 0 Å². The Labute approximate surface area is 121 Å². The Balaban J connectivity index is 0.000000444. The highest BCUT2D eigenvalue weighted by molar-refractivity contribution is 5.99. The van der Waals surface area contributed by atoms with Gasteiger partial charge in [0.2, 0.25) is 0 Å². The number of hydrogen-bond donors (Lipinski definition) is 1. The van der Waals surface area contributed by atoms with Crippen LogP contribution in [0.5, 0.6) is 0 Å². The van der Waals surface area contributed by atoms with E-state index in [-0.39, 0.29) is 5.78 Å². The lowest BCUT2D eigenvalue weighted by atomic mass is 10.0. The van der Waals surface area contributed by atoms with Gasteiger partial charge >= 0.3 is 0 Å². The summed E-state index contributed by atoms with van der Waals surface area (Å²) in [6.45, 7) is 4.36. The first-order valence-electron chi connectivity index (χ1n) is 7.03. The van der Waals surface area contributed by atoms with E-state index in [1.807, 2.05) is 12.1 Å². The van der Waals surface area contributed by atoms with Crippen LogP contribution in [0.1, 0.15) is 48.7 Å². The molecule has 0 aliphatic carbocycles. The predicted molar refractivity (Wildman–Crippen MR) is 82.8 cm³/mol. The minimum atomic E-state index is -1.08. The van der Waals surface area contributed by atoms with Crippen LogP contribution in [0.25, 0.3) is 0 Å². The normalized spacial score (nSPS) is 11.2. The summed E-state index contributed by atoms with van der Waals surface area (Å²) in [5, 5.41) is 9.89. The molecule has 106 valence electrons. The van der Waals surface area contributed by atoms with Gasteiger partial charge in [0.25, 0.3) is 0 Å². The Hall–Kier alpha value is -1.93. The molecule has 0 spiro atoms. The van der Waals surface area contributed by atoms with Crippen molar-refractivity contribution in [3.63, 3.8) is 0 Å². The molecule has 0 aliphatic heterocycles. The minimum Gasteiger partial charge on any atom is -0.380 e. The van der Waals surface area contributed by atoms with E-state index in [1.54, 1.807) is 48.5 Å². The third-order valence-electron chi connectivity index (χ3n) is 2.92. The molecule has 1 unspecified atom stereocenters. The molecule has 0 fully saturated rings. The van der Waals surface area contributed by atoms with Crippen molar-refractivity contribution in [2.75, 3.05) is 0 Å². The van der Waals surface area contributed by atoms with Crippen LogP contribution in [0, 0.1) is 0 Å². The number of aliphatic hydroxyl groups is 1. The van der Waals surface area contributed by atoms with E-state index in [1.165, 1.54) is 12.8 Å². The molecule has 0 amide bonds. The van der Waals surface area contributed by atoms with Gasteiger partial charge in [-0.25, -0.2) is 0 Å². The molecule has 2 aromatic rings. The first-order chi connectivity index (χ1) is 9.70. The Kier molecular flexibility index (Phi) is 7.30. The maximum Gasteiger partial charge on any atom is 0.195 e. The molecule has 1 N–H and O–H groups in total. The summed E-state index contributed by atoms with van der Waals surface area (Å²) in [6.07, 6.45) is 1.56. The lowest BCUT2D eigenvalue weighted by molar-refractivity contribution is 0.0747. The molecule has 1 atom stereocenters. The first-order valence-corrected chi connectivity index (χ1v) is 7.03. The summed E-state index contributed by atoms with van der Waals surface area (Å²) in [6, 6.07) is 17.7. The molecular formula is C18H22O2. The molecule has 2 heteroatoms. The van der Waals surface area contributed by atoms with E-state index in [0.717, 1.165) is 0 Å². The topological polar surface area (TPSA) is 37.3 Å². The third-order valence-corrected chi connectivity index (χ3v) is 2.92. The van der Waals surface area contributed by atoms with Crippen LogP contribution >= 0.6 is 0 Å². The Bertz CT molecular complexity index is 489. The molecule has 2 aromatic carbocycles. The molecule has 0 saturated carbocycles. The van der Waals surface area contributed by atoms with E-state index in [9.17, 15) is 9.90 Å². The van der Waals surface area contributed by atoms with E-state index in [2.05, 4.69) is 13.8 Å². The van der Waals surface area contributed by atoms with Crippen molar-refractivity contribution >= 4 is 5.78 Å². The van der Waals surface area contributed by atoms with Gasteiger partial charge in [-0.3, -0.25) is 4.79 Å². The number of ketones is 1. The number of carbonyl (C=O) groups is 1. The molecule has 0 aromatic heterocycles. The number of unbranched alkanes of at least 4 members (excludes halogenated alkanes) is 1. The monoisotopic (exact) mass is 270 g/mol. The zero-order valence-electron chi connectivity index (χ0n) is 12.1. The van der Waals surface area contributed by atoms with Gasteiger partial charge in [0.1, 0.15) is 6.10 Å². The van der Waals surface area contributed by atoms with E-state index >= 15 is 0 Å². The van der Waals surface area contributed by atoms with E-state index in [4.69, 9.17) is 0 Å². The van der Waals surface area contributed by atoms with Gasteiger partial charge in [0.05, 0.1) is 0 Å². The number of benzene rings is 2. The fourth-order valence-corrected chi connectivity index (χ4v) is 1.55. The average molecular weight is 270 g/mol. The molecule has 0 radical (unpaired) electrons. The van der Waals surface area contributed by atoms with Gasteiger partial charge in [0.15, 0.2) is 5.78 Å². The number of aliphatic hydroxyl groups excluding tert-OH is 1. The quantitative estimate of drug-likeness (QED) is 0.836. The molecular weight excluding hydrogens is 248 g/mol. The van der Waals surface area contributed by atoms with Crippen molar-refractivity contribution in [3.05, 3.63) is 71.8 Å². The summed E-state index contributed by atoms with van der Waals surface area (Å²) in [5.74, 6) is -0.271. The molecule has 2 rings (SSSR count). The highest BCUT2D eigenvalue weighted by atomic mass is 16.3. The maximum atomic E-state index is 11.9. The van der Waals surface area contributed by atoms with E-state index < -0.39 is 6.10 Å². The standard InChI is InChI=1S/C14H12O2.C4H10/c15-13(11-7-3-1-4-8-11)14(16)12-9-5-2-6-10-12;1-3-4-2/h1-10,13,15H;3-4H2,1-2H3. The predicted octanol–water partition coefficient (Wildman–Crippen LogP) is 4.41. The third kappa shape index (κ3) is 4.98. The fourth-order valence-electron chi connectivity index (χ4n) is 1.55. The van der Waals surface area contributed by atoms with Gasteiger partial charge < -0.3 is 5.11 Å². The summed E-state index contributed by atoms with van der Waals surface area (Å²) < 4.78 is 0. The fraction of sp³-hybridized carbons (Fsp3) is 0.278. The van der Waals surface area contributed by atoms with Gasteiger partial charge in [0, 0.05) is 5.56 Å². The van der Waals surface area contributed by atoms with E-state index in [0.29, 0.717) is 11.1 Å². The second-order valence-electron chi connectivity index (χ2n) is 4.54. The highest BCUT2D eigenvalue weighted by Crippen LogP contribution is 2.17. The van der Waals surface area contributed by atoms with Crippen molar-refractivity contribution in [2.45, 2.75) is 32.8 Å². The Morgan fingerprint density at radius 3 is 1.80 bits per heavy atom. The number of carbonyl (C=O) groups excluding carboxylic acids is 1. The van der Waals surface area contributed by atoms with Gasteiger partial charge in [-0.2, -0.15) is 0 Å². The zero-order chi connectivity index (χ0) is 14.8. The van der Waals surface area contributed by atoms with Gasteiger partial charge in [-0.15, -0.1) is 0 Å². The molecule has 0 bridgehead atoms. The van der Waals surface area contributed by atoms with Crippen LogP contribution in [0.3, 0.4) is 0 Å². The minimum absolute atomic E-state index is 0.271. The van der Waals surface area contributed by atoms with Crippen LogP contribution in [-0.4, -0.2) is 10.9 Å². The maximum absolute atomic E-state index is 11.9. The molecule has 0 aliphatic rings. The largest absolute Gasteiger partial charge is 0.380 e. The van der Waals surface area contributed by atoms with Crippen molar-refractivity contribution in [3.8, 4) is 0 Å². The lowest BCUT2D eigenvalue weighted by Crippen LogP contribution is -2.11. The van der Waals surface area contributed by atoms with Crippen LogP contribution in [0.2, 0.25) is 0 Å². The summed E-state index contributed by atoms with van der Waals surface area (Å²) in [4.78, 5) is 11.9. The molecule has 0 saturated heterocycles. The molecule has 20 heavy (non-hydrogen) atoms. The number of Topliss-reactive ketones (excluding diaryl/α,β-unsaturated/α-hetero) is 1. The van der Waals surface area contributed by atoms with Crippen LogP contribution in [0.15, 0.2) is 60.7 Å². The molecule has 0 heterocycles. The van der Waals surface area contributed by atoms with Crippen molar-refractivity contribution in [1.29, 1.82) is 0 Å². The SMILES string of the molecule is CCCC.O=C(c1ccccc1)C(O)c1ccccc1. The number of rotatable bonds is 4. The van der Waals surface area contributed by atoms with Crippen LogP contribution in [-0.2, 0) is 0 Å². The highest BCUT2D eigenvalue weighted by Gasteiger charge is 2.18. The number of hydrogen-bond acceptors (Lipinski definition) is 2. The lowest BCUT2D eigenvalue weighted by Gasteiger charge is -2.09. The first kappa shape index (κ1) is 16.1. The Morgan fingerprint density at radius 1 is 0.900 bits per heavy atom. The molecule has 2 nitrogen and oxygen atoms in total. The Morgan fingerprint density at radius 2 is 1.35 bits per heavy atom. The second kappa shape index (κ2) is 9.05. The second-order valence-corrected chi connectivity index (χ2v) is 4.54. The smallest absolute Gasteiger partial charge is 0.195 e. The average Bonchev–Trinajstić information content (AvgIpc) is 2.55. The summed E-state index contributed by atoms with van der Waals surface area (Å²) in [7, 11) is 0. The van der Waals surface area contributed by atoms with Crippen molar-refractivity contribution < 1.29 is 9.90 Å². The van der Waals surface area contributed by atoms with Crippen molar-refractivity contribution in [2.24, 2.45) is 0 Å².